The van der Waals surface area contributed by atoms with Gasteiger partial charge < -0.3 is 20.9 Å². The van der Waals surface area contributed by atoms with Crippen molar-refractivity contribution in [2.75, 3.05) is 38.2 Å². The van der Waals surface area contributed by atoms with Gasteiger partial charge in [-0.1, -0.05) is 36.1 Å². The zero-order valence-electron chi connectivity index (χ0n) is 25.3. The lowest BCUT2D eigenvalue weighted by molar-refractivity contribution is -0.114. The Morgan fingerprint density at radius 3 is 2.58 bits per heavy atom. The van der Waals surface area contributed by atoms with E-state index in [0.717, 1.165) is 16.6 Å². The van der Waals surface area contributed by atoms with Crippen molar-refractivity contribution in [3.63, 3.8) is 0 Å². The Kier molecular flexibility index (Phi) is 8.65. The normalized spacial score (nSPS) is 13.3. The maximum atomic E-state index is 14.1. The zero-order valence-corrected chi connectivity index (χ0v) is 26.1. The minimum absolute atomic E-state index is 0.0292. The molecule has 1 aliphatic carbocycles. The highest BCUT2D eigenvalue weighted by Crippen LogP contribution is 2.45. The molecule has 5 rings (SSSR count). The summed E-state index contributed by atoms with van der Waals surface area (Å²) >= 11 is 6.62. The average molecular weight is 632 g/mol. The largest absolute Gasteiger partial charge is 0.383 e. The van der Waals surface area contributed by atoms with Crippen LogP contribution in [0.15, 0.2) is 49.1 Å². The number of fused-ring (bicyclic) bond motifs is 1. The maximum absolute atomic E-state index is 14.1. The van der Waals surface area contributed by atoms with Crippen molar-refractivity contribution < 1.29 is 18.4 Å². The van der Waals surface area contributed by atoms with Crippen LogP contribution < -0.4 is 16.4 Å². The van der Waals surface area contributed by atoms with Crippen molar-refractivity contribution in [2.24, 2.45) is 7.05 Å². The first-order valence-corrected chi connectivity index (χ1v) is 14.5. The molecule has 4 N–H and O–H groups in total. The van der Waals surface area contributed by atoms with Gasteiger partial charge in [-0.3, -0.25) is 14.5 Å². The van der Waals surface area contributed by atoms with E-state index in [4.69, 9.17) is 17.3 Å². The van der Waals surface area contributed by atoms with Crippen LogP contribution in [0.25, 0.3) is 33.3 Å². The van der Waals surface area contributed by atoms with Crippen LogP contribution in [0.2, 0.25) is 5.02 Å². The minimum atomic E-state index is -1.37. The van der Waals surface area contributed by atoms with Gasteiger partial charge in [-0.15, -0.1) is 0 Å². The standard InChI is InChI=1S/C33H32ClF2N7O2/c1-18-13-22(41-31(44)19(2)35)8-9-23(18)29-25(21-14-24(34)27(38-16-21)32(45)40-17-33(36)10-11-33)26-28(43(29)5)20(15-39-30(26)37)7-6-12-42(3)4/h8-9,13-16H,2,10-12,17H2,1,3-5H3,(H2,37,39)(H,40,45)(H,41,44). The second-order valence-corrected chi connectivity index (χ2v) is 11.8. The summed E-state index contributed by atoms with van der Waals surface area (Å²) in [5.41, 5.74) is 10.3. The molecule has 0 spiro atoms. The van der Waals surface area contributed by atoms with Crippen LogP contribution in [0.5, 0.6) is 0 Å². The van der Waals surface area contributed by atoms with E-state index in [1.165, 1.54) is 6.20 Å². The number of hydrogen-bond acceptors (Lipinski definition) is 6. The molecule has 1 fully saturated rings. The summed E-state index contributed by atoms with van der Waals surface area (Å²) < 4.78 is 29.4. The molecule has 12 heteroatoms. The molecule has 0 unspecified atom stereocenters. The van der Waals surface area contributed by atoms with Crippen LogP contribution in [-0.4, -0.2) is 64.1 Å². The van der Waals surface area contributed by atoms with Gasteiger partial charge in [0.1, 0.15) is 17.2 Å². The fraction of sp³-hybridized carbons (Fsp3) is 0.273. The molecular weight excluding hydrogens is 600 g/mol. The van der Waals surface area contributed by atoms with Crippen molar-refractivity contribution in [1.82, 2.24) is 24.8 Å². The Morgan fingerprint density at radius 2 is 1.96 bits per heavy atom. The van der Waals surface area contributed by atoms with Crippen LogP contribution in [0.3, 0.4) is 0 Å². The van der Waals surface area contributed by atoms with Crippen LogP contribution in [0.1, 0.15) is 34.5 Å². The highest BCUT2D eigenvalue weighted by molar-refractivity contribution is 6.34. The van der Waals surface area contributed by atoms with Crippen LogP contribution >= 0.6 is 11.6 Å². The van der Waals surface area contributed by atoms with Crippen molar-refractivity contribution >= 4 is 45.8 Å². The summed E-state index contributed by atoms with van der Waals surface area (Å²) in [6.07, 6.45) is 3.96. The van der Waals surface area contributed by atoms with Gasteiger partial charge in [-0.2, -0.15) is 0 Å². The van der Waals surface area contributed by atoms with Gasteiger partial charge in [-0.05, 0) is 57.6 Å². The van der Waals surface area contributed by atoms with E-state index in [0.29, 0.717) is 52.8 Å². The Morgan fingerprint density at radius 1 is 1.22 bits per heavy atom. The number of anilines is 2. The number of pyridine rings is 2. The molecule has 3 aromatic heterocycles. The third kappa shape index (κ3) is 6.53. The quantitative estimate of drug-likeness (QED) is 0.177. The van der Waals surface area contributed by atoms with Gasteiger partial charge in [0.05, 0.1) is 40.3 Å². The number of amides is 2. The fourth-order valence-electron chi connectivity index (χ4n) is 5.07. The molecule has 1 aromatic carbocycles. The van der Waals surface area contributed by atoms with Gasteiger partial charge in [0.2, 0.25) is 0 Å². The fourth-order valence-corrected chi connectivity index (χ4v) is 5.32. The number of halogens is 3. The lowest BCUT2D eigenvalue weighted by atomic mass is 9.96. The van der Waals surface area contributed by atoms with E-state index in [1.807, 2.05) is 37.5 Å². The van der Waals surface area contributed by atoms with Gasteiger partial charge in [0, 0.05) is 41.8 Å². The topological polar surface area (TPSA) is 118 Å². The maximum Gasteiger partial charge on any atom is 0.283 e. The summed E-state index contributed by atoms with van der Waals surface area (Å²) in [6.45, 7) is 5.32. The van der Waals surface area contributed by atoms with Crippen molar-refractivity contribution in [3.8, 4) is 34.2 Å². The monoisotopic (exact) mass is 631 g/mol. The van der Waals surface area contributed by atoms with E-state index in [1.54, 1.807) is 30.5 Å². The second-order valence-electron chi connectivity index (χ2n) is 11.4. The summed E-state index contributed by atoms with van der Waals surface area (Å²) in [5, 5.41) is 5.75. The SMILES string of the molecule is C=C(F)C(=O)Nc1ccc(-c2c(-c3cnc(C(=O)NCC4(F)CC4)c(Cl)c3)c3c(N)ncc(C#CCN(C)C)c3n2C)c(C)c1. The Bertz CT molecular complexity index is 1940. The Hall–Kier alpha value is -4.79. The first-order chi connectivity index (χ1) is 21.3. The van der Waals surface area contributed by atoms with Gasteiger partial charge >= 0.3 is 0 Å². The number of alkyl halides is 1. The summed E-state index contributed by atoms with van der Waals surface area (Å²) in [7, 11) is 5.72. The predicted molar refractivity (Wildman–Crippen MR) is 173 cm³/mol. The number of aromatic nitrogens is 3. The highest BCUT2D eigenvalue weighted by atomic mass is 35.5. The number of carbonyl (C=O) groups excluding carboxylic acids is 2. The molecule has 0 aliphatic heterocycles. The molecule has 0 atom stereocenters. The Labute approximate surface area is 264 Å². The molecule has 2 amide bonds. The lowest BCUT2D eigenvalue weighted by Crippen LogP contribution is -2.31. The van der Waals surface area contributed by atoms with Crippen molar-refractivity contribution in [1.29, 1.82) is 0 Å². The van der Waals surface area contributed by atoms with E-state index in [-0.39, 0.29) is 23.1 Å². The number of nitrogen functional groups attached to an aromatic ring is 1. The first-order valence-electron chi connectivity index (χ1n) is 14.1. The smallest absolute Gasteiger partial charge is 0.283 e. The number of rotatable bonds is 8. The van der Waals surface area contributed by atoms with Crippen LogP contribution in [0.4, 0.5) is 20.3 Å². The molecule has 0 bridgehead atoms. The van der Waals surface area contributed by atoms with Crippen molar-refractivity contribution in [2.45, 2.75) is 25.4 Å². The number of nitrogens with one attached hydrogen (secondary N) is 2. The van der Waals surface area contributed by atoms with E-state index in [2.05, 4.69) is 39.0 Å². The van der Waals surface area contributed by atoms with Gasteiger partial charge in [0.25, 0.3) is 11.8 Å². The lowest BCUT2D eigenvalue weighted by Gasteiger charge is -2.14. The molecule has 0 saturated heterocycles. The number of aryl methyl sites for hydroxylation is 2. The number of carbonyl (C=O) groups is 2. The average Bonchev–Trinajstić information content (AvgIpc) is 3.64. The zero-order chi connectivity index (χ0) is 32.6. The van der Waals surface area contributed by atoms with Crippen LogP contribution in [-0.2, 0) is 11.8 Å². The van der Waals surface area contributed by atoms with E-state index in [9.17, 15) is 18.4 Å². The molecule has 1 saturated carbocycles. The molecule has 4 aromatic rings. The first kappa shape index (κ1) is 31.6. The van der Waals surface area contributed by atoms with Gasteiger partial charge in [0.15, 0.2) is 5.83 Å². The molecule has 45 heavy (non-hydrogen) atoms. The predicted octanol–water partition coefficient (Wildman–Crippen LogP) is 5.41. The van der Waals surface area contributed by atoms with E-state index < -0.39 is 23.3 Å². The molecule has 3 heterocycles. The third-order valence-electron chi connectivity index (χ3n) is 7.55. The minimum Gasteiger partial charge on any atom is -0.383 e. The molecule has 9 nitrogen and oxygen atoms in total. The molecular formula is C33H32ClF2N7O2. The Balaban J connectivity index is 1.69. The molecule has 232 valence electrons. The molecule has 0 radical (unpaired) electrons. The van der Waals surface area contributed by atoms with Crippen LogP contribution in [0, 0.1) is 18.8 Å². The molecule has 1 aliphatic rings. The second kappa shape index (κ2) is 12.3. The summed E-state index contributed by atoms with van der Waals surface area (Å²) in [4.78, 5) is 35.5. The number of hydrogen-bond donors (Lipinski definition) is 3. The third-order valence-corrected chi connectivity index (χ3v) is 7.83. The summed E-state index contributed by atoms with van der Waals surface area (Å²) in [6, 6.07) is 6.78. The highest BCUT2D eigenvalue weighted by Gasteiger charge is 2.43. The number of benzene rings is 1. The number of nitrogens with two attached hydrogens (primary N) is 1. The van der Waals surface area contributed by atoms with Gasteiger partial charge in [-0.25, -0.2) is 18.7 Å². The number of nitrogens with zero attached hydrogens (tertiary/aromatic N) is 4. The van der Waals surface area contributed by atoms with Crippen molar-refractivity contribution in [3.05, 3.63) is 70.9 Å². The van der Waals surface area contributed by atoms with E-state index >= 15 is 0 Å². The summed E-state index contributed by atoms with van der Waals surface area (Å²) in [5.74, 6) is 4.00.